The maximum atomic E-state index is 14.5. The Morgan fingerprint density at radius 3 is 2.45 bits per heavy atom. The van der Waals surface area contributed by atoms with E-state index >= 15 is 0 Å². The molecule has 1 saturated heterocycles. The standard InChI is InChI=1S/C30H23BrFNO5/c1-2-14-3-6-16(7-4-14)33-29(37)18-9-8-17-19(26(18)30(33)38)12-20-27(24(35)13-21(31)28(20)36)25(17)15-5-10-23(34)22(32)11-15/h3-8,10-11,13,18-19,25-26,34H,2,9,12H2,1H3/t18-,19+,25-,26-/m0/s1. The molecule has 1 fully saturated rings. The van der Waals surface area contributed by atoms with E-state index in [9.17, 15) is 28.7 Å². The molecule has 2 aromatic carbocycles. The Hall–Kier alpha value is -3.65. The zero-order valence-electron chi connectivity index (χ0n) is 20.4. The topological polar surface area (TPSA) is 91.8 Å². The number of rotatable bonds is 3. The van der Waals surface area contributed by atoms with E-state index in [-0.39, 0.29) is 45.4 Å². The Kier molecular flexibility index (Phi) is 5.83. The molecule has 0 spiro atoms. The van der Waals surface area contributed by atoms with Crippen molar-refractivity contribution < 1.29 is 28.7 Å². The van der Waals surface area contributed by atoms with Crippen LogP contribution in [0.3, 0.4) is 0 Å². The highest BCUT2D eigenvalue weighted by atomic mass is 79.9. The summed E-state index contributed by atoms with van der Waals surface area (Å²) in [6.07, 6.45) is 4.37. The molecule has 3 aliphatic carbocycles. The Bertz CT molecular complexity index is 1540. The summed E-state index contributed by atoms with van der Waals surface area (Å²) in [5.74, 6) is -5.28. The summed E-state index contributed by atoms with van der Waals surface area (Å²) in [5, 5.41) is 9.77. The number of hydrogen-bond acceptors (Lipinski definition) is 5. The van der Waals surface area contributed by atoms with E-state index in [0.717, 1.165) is 23.6 Å². The normalized spacial score (nSPS) is 26.7. The van der Waals surface area contributed by atoms with Gasteiger partial charge in [-0.3, -0.25) is 24.1 Å². The SMILES string of the molecule is CCc1ccc(N2C(=O)[C@H]3[C@H](CC=C4[C@H](c5ccc(O)c(F)c5)C5=C(C[C@H]43)C(=O)C(Br)=CC5=O)C2=O)cc1. The molecule has 2 amide bonds. The fraction of sp³-hybridized carbons (Fsp3) is 0.267. The van der Waals surface area contributed by atoms with Gasteiger partial charge in [0.2, 0.25) is 11.8 Å². The Labute approximate surface area is 226 Å². The number of ketones is 2. The van der Waals surface area contributed by atoms with Gasteiger partial charge in [-0.2, -0.15) is 0 Å². The zero-order chi connectivity index (χ0) is 26.9. The van der Waals surface area contributed by atoms with Gasteiger partial charge in [0.25, 0.3) is 0 Å². The summed E-state index contributed by atoms with van der Waals surface area (Å²) in [6.45, 7) is 2.02. The van der Waals surface area contributed by atoms with E-state index < -0.39 is 35.2 Å². The summed E-state index contributed by atoms with van der Waals surface area (Å²) in [7, 11) is 0. The summed E-state index contributed by atoms with van der Waals surface area (Å²) in [6, 6.07) is 11.2. The molecule has 0 bridgehead atoms. The third-order valence-corrected chi connectivity index (χ3v) is 8.83. The van der Waals surface area contributed by atoms with Gasteiger partial charge in [0.1, 0.15) is 0 Å². The summed E-state index contributed by atoms with van der Waals surface area (Å²) >= 11 is 3.19. The molecule has 38 heavy (non-hydrogen) atoms. The number of phenols is 1. The van der Waals surface area contributed by atoms with Gasteiger partial charge >= 0.3 is 0 Å². The number of amides is 2. The van der Waals surface area contributed by atoms with Gasteiger partial charge in [-0.05, 0) is 76.5 Å². The Morgan fingerprint density at radius 1 is 1.03 bits per heavy atom. The number of carbonyl (C=O) groups is 4. The van der Waals surface area contributed by atoms with Crippen molar-refractivity contribution >= 4 is 45.0 Å². The molecule has 1 N–H and O–H groups in total. The lowest BCUT2D eigenvalue weighted by Crippen LogP contribution is -2.39. The fourth-order valence-electron chi connectivity index (χ4n) is 6.42. The first-order valence-corrected chi connectivity index (χ1v) is 13.3. The minimum atomic E-state index is -0.846. The van der Waals surface area contributed by atoms with Crippen molar-refractivity contribution in [2.75, 3.05) is 4.90 Å². The number of nitrogens with zero attached hydrogens (tertiary/aromatic N) is 1. The number of hydrogen-bond donors (Lipinski definition) is 1. The molecule has 0 radical (unpaired) electrons. The van der Waals surface area contributed by atoms with Crippen molar-refractivity contribution in [1.29, 1.82) is 0 Å². The van der Waals surface area contributed by atoms with Gasteiger partial charge in [-0.1, -0.05) is 36.8 Å². The molecule has 8 heteroatoms. The van der Waals surface area contributed by atoms with Gasteiger partial charge < -0.3 is 5.11 Å². The largest absolute Gasteiger partial charge is 0.505 e. The first-order valence-electron chi connectivity index (χ1n) is 12.6. The maximum absolute atomic E-state index is 14.5. The highest BCUT2D eigenvalue weighted by Crippen LogP contribution is 2.55. The number of halogens is 2. The minimum Gasteiger partial charge on any atom is -0.505 e. The first-order chi connectivity index (χ1) is 18.2. The van der Waals surface area contributed by atoms with Crippen LogP contribution in [0, 0.1) is 23.6 Å². The van der Waals surface area contributed by atoms with Crippen LogP contribution in [0.4, 0.5) is 10.1 Å². The van der Waals surface area contributed by atoms with Crippen molar-refractivity contribution in [2.45, 2.75) is 32.1 Å². The number of Topliss-reactive ketones (excluding diaryl/α,β-unsaturated/α-hetero) is 1. The van der Waals surface area contributed by atoms with Crippen LogP contribution in [0.15, 0.2) is 75.8 Å². The molecule has 0 unspecified atom stereocenters. The number of imide groups is 1. The Balaban J connectivity index is 1.47. The van der Waals surface area contributed by atoms with E-state index in [1.165, 1.54) is 23.1 Å². The Morgan fingerprint density at radius 2 is 1.76 bits per heavy atom. The lowest BCUT2D eigenvalue weighted by molar-refractivity contribution is -0.123. The monoisotopic (exact) mass is 575 g/mol. The molecule has 192 valence electrons. The number of benzene rings is 2. The number of phenolic OH excluding ortho intramolecular Hbond substituents is 1. The van der Waals surface area contributed by atoms with Crippen LogP contribution in [0.2, 0.25) is 0 Å². The second kappa shape index (κ2) is 8.98. The molecule has 1 aliphatic heterocycles. The van der Waals surface area contributed by atoms with Crippen LogP contribution >= 0.6 is 15.9 Å². The van der Waals surface area contributed by atoms with Crippen molar-refractivity contribution in [3.8, 4) is 5.75 Å². The smallest absolute Gasteiger partial charge is 0.238 e. The number of carbonyl (C=O) groups excluding carboxylic acids is 4. The summed E-state index contributed by atoms with van der Waals surface area (Å²) < 4.78 is 14.6. The maximum Gasteiger partial charge on any atom is 0.238 e. The molecule has 0 aromatic heterocycles. The number of anilines is 1. The van der Waals surface area contributed by atoms with Gasteiger partial charge in [0.15, 0.2) is 23.1 Å². The number of fused-ring (bicyclic) bond motifs is 3. The minimum absolute atomic E-state index is 0.128. The van der Waals surface area contributed by atoms with E-state index in [0.29, 0.717) is 17.7 Å². The predicted molar refractivity (Wildman–Crippen MR) is 141 cm³/mol. The quantitative estimate of drug-likeness (QED) is 0.314. The van der Waals surface area contributed by atoms with Gasteiger partial charge in [0.05, 0.1) is 22.0 Å². The molecule has 4 aliphatic rings. The van der Waals surface area contributed by atoms with Gasteiger partial charge in [-0.15, -0.1) is 0 Å². The lowest BCUT2D eigenvalue weighted by Gasteiger charge is -2.42. The van der Waals surface area contributed by atoms with E-state index in [1.807, 2.05) is 25.1 Å². The summed E-state index contributed by atoms with van der Waals surface area (Å²) in [4.78, 5) is 55.1. The molecule has 6 rings (SSSR count). The van der Waals surface area contributed by atoms with E-state index in [2.05, 4.69) is 15.9 Å². The summed E-state index contributed by atoms with van der Waals surface area (Å²) in [5.41, 5.74) is 3.26. The molecule has 6 nitrogen and oxygen atoms in total. The van der Waals surface area contributed by atoms with Crippen LogP contribution in [0.25, 0.3) is 0 Å². The fourth-order valence-corrected chi connectivity index (χ4v) is 6.87. The van der Waals surface area contributed by atoms with Crippen LogP contribution in [-0.4, -0.2) is 28.5 Å². The highest BCUT2D eigenvalue weighted by Gasteiger charge is 2.56. The molecular formula is C30H23BrFNO5. The predicted octanol–water partition coefficient (Wildman–Crippen LogP) is 5.06. The van der Waals surface area contributed by atoms with Crippen molar-refractivity contribution in [3.05, 3.63) is 92.8 Å². The van der Waals surface area contributed by atoms with Crippen LogP contribution in [0.5, 0.6) is 5.75 Å². The third kappa shape index (κ3) is 3.57. The van der Waals surface area contributed by atoms with Gasteiger partial charge in [-0.25, -0.2) is 4.39 Å². The molecule has 2 aromatic rings. The second-order valence-corrected chi connectivity index (χ2v) is 11.0. The average molecular weight is 576 g/mol. The van der Waals surface area contributed by atoms with Gasteiger partial charge in [0, 0.05) is 23.1 Å². The second-order valence-electron chi connectivity index (χ2n) is 10.1. The van der Waals surface area contributed by atoms with Crippen molar-refractivity contribution in [3.63, 3.8) is 0 Å². The number of aryl methyl sites for hydroxylation is 1. The van der Waals surface area contributed by atoms with E-state index in [1.54, 1.807) is 12.1 Å². The highest BCUT2D eigenvalue weighted by molar-refractivity contribution is 9.12. The van der Waals surface area contributed by atoms with Crippen molar-refractivity contribution in [1.82, 2.24) is 0 Å². The van der Waals surface area contributed by atoms with Crippen LogP contribution in [-0.2, 0) is 25.6 Å². The van der Waals surface area contributed by atoms with E-state index in [4.69, 9.17) is 0 Å². The lowest BCUT2D eigenvalue weighted by atomic mass is 9.59. The molecule has 0 saturated carbocycles. The molecule has 4 atom stereocenters. The number of allylic oxidation sites excluding steroid dienone is 6. The van der Waals surface area contributed by atoms with Crippen molar-refractivity contribution in [2.24, 2.45) is 17.8 Å². The molecule has 1 heterocycles. The molecular weight excluding hydrogens is 553 g/mol. The first kappa shape index (κ1) is 24.7. The van der Waals surface area contributed by atoms with Crippen LogP contribution in [0.1, 0.15) is 36.8 Å². The van der Waals surface area contributed by atoms with Crippen LogP contribution < -0.4 is 4.90 Å². The number of aromatic hydroxyl groups is 1. The zero-order valence-corrected chi connectivity index (χ0v) is 22.0. The third-order valence-electron chi connectivity index (χ3n) is 8.24. The average Bonchev–Trinajstić information content (AvgIpc) is 3.17.